The van der Waals surface area contributed by atoms with Gasteiger partial charge in [-0.15, -0.1) is 0 Å². The number of quaternary nitrogens is 1. The summed E-state index contributed by atoms with van der Waals surface area (Å²) in [5, 5.41) is 0. The fourth-order valence-electron chi connectivity index (χ4n) is 0.720. The predicted molar refractivity (Wildman–Crippen MR) is 37.5 cm³/mol. The minimum atomic E-state index is -2.82. The quantitative estimate of drug-likeness (QED) is 0.724. The fraction of sp³-hybridized carbons (Fsp3) is 0.286. The first-order valence-corrected chi connectivity index (χ1v) is 3.41. The molecule has 0 aliphatic heterocycles. The Morgan fingerprint density at radius 2 is 2.25 bits per heavy atom. The third-order valence-electron chi connectivity index (χ3n) is 1.30. The zero-order valence-electron chi connectivity index (χ0n) is 6.34. The number of rotatable bonds is 3. The molecule has 66 valence electrons. The Balaban J connectivity index is 2.65. The first-order valence-electron chi connectivity index (χ1n) is 3.41. The lowest BCUT2D eigenvalue weighted by Gasteiger charge is -2.02. The highest BCUT2D eigenvalue weighted by Gasteiger charge is 2.04. The monoisotopic (exact) mass is 175 g/mol. The first kappa shape index (κ1) is 8.86. The molecule has 1 heterocycles. The molecule has 0 saturated heterocycles. The summed E-state index contributed by atoms with van der Waals surface area (Å²) in [4.78, 5) is 3.65. The Bertz CT molecular complexity index is 238. The average molecular weight is 175 g/mol. The lowest BCUT2D eigenvalue weighted by Crippen LogP contribution is -2.47. The maximum atomic E-state index is 11.6. The average Bonchev–Trinajstić information content (AvgIpc) is 2.05. The van der Waals surface area contributed by atoms with Gasteiger partial charge >= 0.3 is 6.61 Å². The molecule has 12 heavy (non-hydrogen) atoms. The molecule has 0 unspecified atom stereocenters. The molecule has 0 atom stereocenters. The van der Waals surface area contributed by atoms with Gasteiger partial charge in [0.2, 0.25) is 5.88 Å². The number of hydrogen-bond donors (Lipinski definition) is 1. The van der Waals surface area contributed by atoms with E-state index in [9.17, 15) is 8.78 Å². The van der Waals surface area contributed by atoms with Crippen molar-refractivity contribution in [3.63, 3.8) is 0 Å². The third kappa shape index (κ3) is 2.43. The number of alkyl halides is 2. The highest BCUT2D eigenvalue weighted by Crippen LogP contribution is 2.09. The number of ether oxygens (including phenoxy) is 1. The second-order valence-electron chi connectivity index (χ2n) is 2.13. The van der Waals surface area contributed by atoms with Crippen molar-refractivity contribution < 1.29 is 19.3 Å². The Hall–Kier alpha value is -1.23. The lowest BCUT2D eigenvalue weighted by molar-refractivity contribution is -0.386. The molecule has 0 spiro atoms. The van der Waals surface area contributed by atoms with Crippen LogP contribution in [-0.4, -0.2) is 11.6 Å². The van der Waals surface area contributed by atoms with Crippen LogP contribution in [0.5, 0.6) is 5.88 Å². The Morgan fingerprint density at radius 1 is 1.50 bits per heavy atom. The topological polar surface area (TPSA) is 49.8 Å². The van der Waals surface area contributed by atoms with E-state index >= 15 is 0 Å². The van der Waals surface area contributed by atoms with Crippen LogP contribution in [0, 0.1) is 0 Å². The van der Waals surface area contributed by atoms with Crippen LogP contribution < -0.4 is 10.5 Å². The molecule has 0 aliphatic carbocycles. The van der Waals surface area contributed by atoms with Crippen LogP contribution in [0.3, 0.4) is 0 Å². The molecule has 1 aromatic rings. The van der Waals surface area contributed by atoms with Crippen molar-refractivity contribution in [3.05, 3.63) is 23.9 Å². The van der Waals surface area contributed by atoms with Gasteiger partial charge in [-0.05, 0) is 6.07 Å². The molecule has 0 radical (unpaired) electrons. The van der Waals surface area contributed by atoms with Crippen molar-refractivity contribution in [1.29, 1.82) is 0 Å². The second kappa shape index (κ2) is 3.96. The van der Waals surface area contributed by atoms with Gasteiger partial charge < -0.3 is 10.5 Å². The maximum absolute atomic E-state index is 11.6. The van der Waals surface area contributed by atoms with Crippen LogP contribution in [0.15, 0.2) is 18.3 Å². The van der Waals surface area contributed by atoms with Crippen molar-refractivity contribution in [2.45, 2.75) is 13.2 Å². The van der Waals surface area contributed by atoms with Crippen LogP contribution in [0.1, 0.15) is 5.56 Å². The molecule has 0 fully saturated rings. The van der Waals surface area contributed by atoms with Crippen LogP contribution >= 0.6 is 0 Å². The van der Waals surface area contributed by atoms with E-state index in [0.29, 0.717) is 6.54 Å². The smallest absolute Gasteiger partial charge is 0.388 e. The summed E-state index contributed by atoms with van der Waals surface area (Å²) < 4.78 is 27.3. The maximum Gasteiger partial charge on any atom is 0.388 e. The van der Waals surface area contributed by atoms with Gasteiger partial charge in [0.25, 0.3) is 0 Å². The number of halogens is 2. The molecular weight excluding hydrogens is 166 g/mol. The van der Waals surface area contributed by atoms with E-state index in [2.05, 4.69) is 15.5 Å². The largest absolute Gasteiger partial charge is 0.417 e. The molecule has 1 aromatic heterocycles. The summed E-state index contributed by atoms with van der Waals surface area (Å²) in [6.45, 7) is -2.23. The first-order chi connectivity index (χ1) is 5.72. The second-order valence-corrected chi connectivity index (χ2v) is 2.13. The number of pyridine rings is 1. The summed E-state index contributed by atoms with van der Waals surface area (Å²) in [5.74, 6) is -0.0674. The molecule has 0 amide bonds. The Labute approximate surface area is 68.2 Å². The highest BCUT2D eigenvalue weighted by molar-refractivity contribution is 5.16. The van der Waals surface area contributed by atoms with E-state index < -0.39 is 6.61 Å². The van der Waals surface area contributed by atoms with Gasteiger partial charge in [0, 0.05) is 17.8 Å². The summed E-state index contributed by atoms with van der Waals surface area (Å²) in [6, 6.07) is 3.05. The van der Waals surface area contributed by atoms with Gasteiger partial charge in [-0.1, -0.05) is 0 Å². The van der Waals surface area contributed by atoms with E-state index in [4.69, 9.17) is 0 Å². The molecule has 0 aliphatic rings. The van der Waals surface area contributed by atoms with Gasteiger partial charge in [-0.3, -0.25) is 0 Å². The van der Waals surface area contributed by atoms with Crippen LogP contribution in [0.2, 0.25) is 0 Å². The summed E-state index contributed by atoms with van der Waals surface area (Å²) in [7, 11) is 0. The van der Waals surface area contributed by atoms with Gasteiger partial charge in [-0.2, -0.15) is 8.78 Å². The minimum absolute atomic E-state index is 0.0674. The van der Waals surface area contributed by atoms with Crippen LogP contribution in [0.4, 0.5) is 8.78 Å². The lowest BCUT2D eigenvalue weighted by atomic mass is 10.3. The Kier molecular flexibility index (Phi) is 2.93. The zero-order chi connectivity index (χ0) is 8.97. The van der Waals surface area contributed by atoms with Crippen LogP contribution in [0.25, 0.3) is 0 Å². The summed E-state index contributed by atoms with van der Waals surface area (Å²) in [6.07, 6.45) is 1.46. The van der Waals surface area contributed by atoms with E-state index in [1.54, 1.807) is 6.07 Å². The van der Waals surface area contributed by atoms with E-state index in [-0.39, 0.29) is 5.88 Å². The molecule has 1 rings (SSSR count). The zero-order valence-corrected chi connectivity index (χ0v) is 6.34. The van der Waals surface area contributed by atoms with Crippen molar-refractivity contribution in [2.24, 2.45) is 0 Å². The van der Waals surface area contributed by atoms with Gasteiger partial charge in [0.05, 0.1) is 0 Å². The molecule has 0 saturated carbocycles. The van der Waals surface area contributed by atoms with Gasteiger partial charge in [0.1, 0.15) is 6.54 Å². The number of nitrogens with zero attached hydrogens (tertiary/aromatic N) is 1. The van der Waals surface area contributed by atoms with E-state index in [0.717, 1.165) is 5.56 Å². The molecule has 3 nitrogen and oxygen atoms in total. The van der Waals surface area contributed by atoms with Gasteiger partial charge in [-0.25, -0.2) is 4.98 Å². The highest BCUT2D eigenvalue weighted by atomic mass is 19.3. The number of aromatic nitrogens is 1. The fourth-order valence-corrected chi connectivity index (χ4v) is 0.720. The molecule has 0 aromatic carbocycles. The standard InChI is InChI=1S/C7H8F2N2O/c8-7(9)12-6-2-1-5(3-10)4-11-6/h1-2,4,7H,3,10H2/p+1. The molecule has 3 N–H and O–H groups in total. The third-order valence-corrected chi connectivity index (χ3v) is 1.30. The molecular formula is C7H9F2N2O+. The normalized spacial score (nSPS) is 10.3. The minimum Gasteiger partial charge on any atom is -0.417 e. The SMILES string of the molecule is [NH3+]Cc1ccc(OC(F)F)nc1. The van der Waals surface area contributed by atoms with Crippen LogP contribution in [-0.2, 0) is 6.54 Å². The van der Waals surface area contributed by atoms with Crippen molar-refractivity contribution >= 4 is 0 Å². The summed E-state index contributed by atoms with van der Waals surface area (Å²) in [5.41, 5.74) is 4.50. The van der Waals surface area contributed by atoms with Crippen molar-refractivity contribution in [3.8, 4) is 5.88 Å². The summed E-state index contributed by atoms with van der Waals surface area (Å²) >= 11 is 0. The van der Waals surface area contributed by atoms with E-state index in [1.165, 1.54) is 12.3 Å². The molecule has 5 heteroatoms. The van der Waals surface area contributed by atoms with Gasteiger partial charge in [0.15, 0.2) is 0 Å². The van der Waals surface area contributed by atoms with E-state index in [1.807, 2.05) is 0 Å². The number of hydrogen-bond acceptors (Lipinski definition) is 2. The molecule has 0 bridgehead atoms. The van der Waals surface area contributed by atoms with Crippen molar-refractivity contribution in [1.82, 2.24) is 4.98 Å². The Morgan fingerprint density at radius 3 is 2.67 bits per heavy atom. The van der Waals surface area contributed by atoms with Crippen molar-refractivity contribution in [2.75, 3.05) is 0 Å². The predicted octanol–water partition coefficient (Wildman–Crippen LogP) is 0.425.